The highest BCUT2D eigenvalue weighted by atomic mass is 32.2. The van der Waals surface area contributed by atoms with Crippen LogP contribution in [0.1, 0.15) is 20.8 Å². The van der Waals surface area contributed by atoms with Crippen molar-refractivity contribution in [2.24, 2.45) is 0 Å². The van der Waals surface area contributed by atoms with E-state index in [1.54, 1.807) is 18.2 Å². The Kier molecular flexibility index (Phi) is 25.9. The molecule has 47 heavy (non-hydrogen) atoms. The first-order chi connectivity index (χ1) is 22.6. The van der Waals surface area contributed by atoms with Gasteiger partial charge in [0, 0.05) is 0 Å². The summed E-state index contributed by atoms with van der Waals surface area (Å²) in [5, 5.41) is 0.210. The third-order valence-corrected chi connectivity index (χ3v) is 12.8. The summed E-state index contributed by atoms with van der Waals surface area (Å²) in [6, 6.07) is 7.99. The minimum absolute atomic E-state index is 0.0567. The molecule has 0 aromatic heterocycles. The Balaban J connectivity index is 1.70. The van der Waals surface area contributed by atoms with E-state index in [1.165, 1.54) is 12.1 Å². The van der Waals surface area contributed by atoms with Crippen LogP contribution in [0.5, 0.6) is 0 Å². The van der Waals surface area contributed by atoms with Crippen molar-refractivity contribution in [3.05, 3.63) is 30.3 Å². The molecule has 0 amide bonds. The molecular formula is C32H60O13SSi. The van der Waals surface area contributed by atoms with Gasteiger partial charge in [0.1, 0.15) is 0 Å². The summed E-state index contributed by atoms with van der Waals surface area (Å²) in [4.78, 5) is 0.122. The molecule has 0 aliphatic rings. The number of benzene rings is 1. The molecule has 0 fully saturated rings. The van der Waals surface area contributed by atoms with Gasteiger partial charge in [-0.2, -0.15) is 8.42 Å². The first kappa shape index (κ1) is 44.0. The molecule has 276 valence electrons. The van der Waals surface area contributed by atoms with E-state index in [9.17, 15) is 8.42 Å². The second-order valence-electron chi connectivity index (χ2n) is 11.7. The molecule has 0 bridgehead atoms. The van der Waals surface area contributed by atoms with Gasteiger partial charge in [-0.25, -0.2) is 0 Å². The smallest absolute Gasteiger partial charge is 0.297 e. The normalized spacial score (nSPS) is 12.6. The third kappa shape index (κ3) is 24.7. The van der Waals surface area contributed by atoms with Gasteiger partial charge in [0.25, 0.3) is 10.1 Å². The molecule has 15 heteroatoms. The highest BCUT2D eigenvalue weighted by molar-refractivity contribution is 7.86. The molecule has 0 saturated carbocycles. The highest BCUT2D eigenvalue weighted by Crippen LogP contribution is 2.36. The number of hydrogen-bond donors (Lipinski definition) is 0. The maximum Gasteiger partial charge on any atom is 0.297 e. The van der Waals surface area contributed by atoms with E-state index in [-0.39, 0.29) is 23.1 Å². The number of hydrogen-bond acceptors (Lipinski definition) is 13. The molecule has 0 radical (unpaired) electrons. The summed E-state index contributed by atoms with van der Waals surface area (Å²) >= 11 is 0. The minimum Gasteiger partial charge on any atom is -0.414 e. The SMILES string of the molecule is CC(C)(C)[Si](C)(C)OCCOCCOCCOCCOCCOCCOCCOCCOCCOCCOS(=O)(=O)c1ccccc1. The molecular weight excluding hydrogens is 652 g/mol. The second-order valence-corrected chi connectivity index (χ2v) is 18.1. The fraction of sp³-hybridized carbons (Fsp3) is 0.812. The summed E-state index contributed by atoms with van der Waals surface area (Å²) in [5.74, 6) is 0. The molecule has 1 aromatic carbocycles. The van der Waals surface area contributed by atoms with Crippen LogP contribution in [0.3, 0.4) is 0 Å². The number of ether oxygens (including phenoxy) is 9. The average Bonchev–Trinajstić information content (AvgIpc) is 3.03. The topological polar surface area (TPSA) is 136 Å². The van der Waals surface area contributed by atoms with E-state index in [0.29, 0.717) is 119 Å². The van der Waals surface area contributed by atoms with Gasteiger partial charge in [-0.3, -0.25) is 4.18 Å². The Morgan fingerprint density at radius 3 is 1.04 bits per heavy atom. The Bertz CT molecular complexity index is 946. The lowest BCUT2D eigenvalue weighted by molar-refractivity contribution is -0.0257. The van der Waals surface area contributed by atoms with Crippen molar-refractivity contribution in [3.8, 4) is 0 Å². The number of rotatable bonds is 33. The van der Waals surface area contributed by atoms with Gasteiger partial charge in [-0.05, 0) is 30.3 Å². The Labute approximate surface area is 284 Å². The highest BCUT2D eigenvalue weighted by Gasteiger charge is 2.36. The van der Waals surface area contributed by atoms with Crippen molar-refractivity contribution < 1.29 is 59.7 Å². The van der Waals surface area contributed by atoms with Crippen molar-refractivity contribution in [2.75, 3.05) is 132 Å². The Morgan fingerprint density at radius 2 is 0.745 bits per heavy atom. The zero-order valence-corrected chi connectivity index (χ0v) is 31.1. The van der Waals surface area contributed by atoms with Crippen molar-refractivity contribution in [1.82, 2.24) is 0 Å². The summed E-state index contributed by atoms with van der Waals surface area (Å²) < 4.78 is 84.1. The maximum atomic E-state index is 12.0. The molecule has 0 spiro atoms. The van der Waals surface area contributed by atoms with Gasteiger partial charge >= 0.3 is 0 Å². The molecule has 13 nitrogen and oxygen atoms in total. The van der Waals surface area contributed by atoms with Gasteiger partial charge in [-0.15, -0.1) is 0 Å². The van der Waals surface area contributed by atoms with Crippen LogP contribution in [-0.2, 0) is 61.4 Å². The van der Waals surface area contributed by atoms with Crippen molar-refractivity contribution in [3.63, 3.8) is 0 Å². The third-order valence-electron chi connectivity index (χ3n) is 6.97. The zero-order chi connectivity index (χ0) is 34.5. The van der Waals surface area contributed by atoms with E-state index in [4.69, 9.17) is 51.2 Å². The van der Waals surface area contributed by atoms with Crippen LogP contribution in [0.15, 0.2) is 35.2 Å². The molecule has 0 unspecified atom stereocenters. The van der Waals surface area contributed by atoms with Gasteiger partial charge in [-0.1, -0.05) is 39.0 Å². The van der Waals surface area contributed by atoms with E-state index < -0.39 is 18.4 Å². The molecule has 0 aliphatic carbocycles. The van der Waals surface area contributed by atoms with Gasteiger partial charge in [0.2, 0.25) is 0 Å². The molecule has 1 rings (SSSR count). The first-order valence-electron chi connectivity index (χ1n) is 16.3. The lowest BCUT2D eigenvalue weighted by atomic mass is 10.2. The van der Waals surface area contributed by atoms with Gasteiger partial charge in [0.15, 0.2) is 8.32 Å². The zero-order valence-electron chi connectivity index (χ0n) is 29.2. The monoisotopic (exact) mass is 712 g/mol. The van der Waals surface area contributed by atoms with Crippen molar-refractivity contribution in [1.29, 1.82) is 0 Å². The fourth-order valence-electron chi connectivity index (χ4n) is 3.29. The van der Waals surface area contributed by atoms with E-state index in [2.05, 4.69) is 33.9 Å². The fourth-order valence-corrected chi connectivity index (χ4v) is 5.23. The maximum absolute atomic E-state index is 12.0. The standard InChI is InChI=1S/C32H60O13SSi/c1-32(2,3)47(4,5)45-30-28-43-26-24-41-22-20-39-18-16-37-14-12-35-11-13-36-15-17-38-19-21-40-23-25-42-27-29-44-46(33,34)31-9-7-6-8-10-31/h6-10H,11-30H2,1-5H3. The van der Waals surface area contributed by atoms with Gasteiger partial charge < -0.3 is 47.1 Å². The Hall–Kier alpha value is -1.05. The van der Waals surface area contributed by atoms with E-state index in [1.807, 2.05) is 0 Å². The van der Waals surface area contributed by atoms with Gasteiger partial charge in [0.05, 0.1) is 137 Å². The van der Waals surface area contributed by atoms with Crippen molar-refractivity contribution in [2.45, 2.75) is 43.8 Å². The predicted molar refractivity (Wildman–Crippen MR) is 180 cm³/mol. The minimum atomic E-state index is -3.76. The average molecular weight is 713 g/mol. The second kappa shape index (κ2) is 27.7. The van der Waals surface area contributed by atoms with Crippen LogP contribution in [-0.4, -0.2) is 149 Å². The lowest BCUT2D eigenvalue weighted by Crippen LogP contribution is -2.41. The molecule has 0 aliphatic heterocycles. The van der Waals surface area contributed by atoms with Crippen LogP contribution in [0.25, 0.3) is 0 Å². The largest absolute Gasteiger partial charge is 0.414 e. The van der Waals surface area contributed by atoms with Crippen LogP contribution >= 0.6 is 0 Å². The van der Waals surface area contributed by atoms with Crippen LogP contribution in [0, 0.1) is 0 Å². The van der Waals surface area contributed by atoms with E-state index in [0.717, 1.165) is 0 Å². The molecule has 0 saturated heterocycles. The molecule has 0 N–H and O–H groups in total. The lowest BCUT2D eigenvalue weighted by Gasteiger charge is -2.36. The first-order valence-corrected chi connectivity index (χ1v) is 20.7. The Morgan fingerprint density at radius 1 is 0.468 bits per heavy atom. The summed E-state index contributed by atoms with van der Waals surface area (Å²) in [6.45, 7) is 20.0. The van der Waals surface area contributed by atoms with Crippen LogP contribution in [0.4, 0.5) is 0 Å². The van der Waals surface area contributed by atoms with Crippen LogP contribution in [0.2, 0.25) is 18.1 Å². The van der Waals surface area contributed by atoms with E-state index >= 15 is 0 Å². The summed E-state index contributed by atoms with van der Waals surface area (Å²) in [5.41, 5.74) is 0. The summed E-state index contributed by atoms with van der Waals surface area (Å²) in [6.07, 6.45) is 0. The molecule has 1 aromatic rings. The predicted octanol–water partition coefficient (Wildman–Crippen LogP) is 3.56. The van der Waals surface area contributed by atoms with Crippen LogP contribution < -0.4 is 0 Å². The molecule has 0 heterocycles. The quantitative estimate of drug-likeness (QED) is 0.0598. The van der Waals surface area contributed by atoms with Crippen molar-refractivity contribution >= 4 is 18.4 Å². The molecule has 0 atom stereocenters. The summed E-state index contributed by atoms with van der Waals surface area (Å²) in [7, 11) is -5.46.